The molecule has 0 atom stereocenters. The second-order valence-electron chi connectivity index (χ2n) is 3.25. The van der Waals surface area contributed by atoms with Crippen molar-refractivity contribution >= 4 is 21.6 Å². The van der Waals surface area contributed by atoms with Gasteiger partial charge in [-0.1, -0.05) is 0 Å². The number of hydrogen-bond acceptors (Lipinski definition) is 3. The first-order chi connectivity index (χ1) is 6.40. The molecule has 0 saturated carbocycles. The van der Waals surface area contributed by atoms with Gasteiger partial charge in [0.1, 0.15) is 0 Å². The Hall–Kier alpha value is 0.160. The summed E-state index contributed by atoms with van der Waals surface area (Å²) >= 11 is 5.45. The van der Waals surface area contributed by atoms with Gasteiger partial charge in [-0.3, -0.25) is 0 Å². The smallest absolute Gasteiger partial charge is 0.216 e. The lowest BCUT2D eigenvalue weighted by atomic mass is 10.5. The number of halogens is 1. The van der Waals surface area contributed by atoms with Gasteiger partial charge >= 0.3 is 0 Å². The Bertz CT molecular complexity index is 241. The molecule has 14 heavy (non-hydrogen) atoms. The molecule has 0 heterocycles. The molecule has 0 aromatic rings. The Morgan fingerprint density at radius 3 is 2.43 bits per heavy atom. The minimum absolute atomic E-state index is 0.0125. The lowest BCUT2D eigenvalue weighted by molar-refractivity contribution is 0.0908. The molecule has 0 aliphatic heterocycles. The molecule has 0 amide bonds. The maximum Gasteiger partial charge on any atom is 0.216 e. The van der Waals surface area contributed by atoms with E-state index in [2.05, 4.69) is 0 Å². The quantitative estimate of drug-likeness (QED) is 0.625. The first kappa shape index (κ1) is 14.2. The number of alkyl halides is 1. The van der Waals surface area contributed by atoms with Gasteiger partial charge in [-0.15, -0.1) is 11.6 Å². The number of nitrogens with zero attached hydrogens (tertiary/aromatic N) is 1. The summed E-state index contributed by atoms with van der Waals surface area (Å²) in [5, 5.41) is 0. The van der Waals surface area contributed by atoms with E-state index in [1.807, 2.05) is 13.8 Å². The van der Waals surface area contributed by atoms with Crippen LogP contribution >= 0.6 is 11.6 Å². The fraction of sp³-hybridized carbons (Fsp3) is 1.00. The summed E-state index contributed by atoms with van der Waals surface area (Å²) in [7, 11) is -1.67. The van der Waals surface area contributed by atoms with Gasteiger partial charge in [0.25, 0.3) is 0 Å². The predicted molar refractivity (Wildman–Crippen MR) is 58.2 cm³/mol. The summed E-state index contributed by atoms with van der Waals surface area (Å²) in [6.45, 7) is 4.31. The lowest BCUT2D eigenvalue weighted by Crippen LogP contribution is -2.32. The Morgan fingerprint density at radius 2 is 2.00 bits per heavy atom. The number of hydrogen-bond donors (Lipinski definition) is 0. The molecule has 6 heteroatoms. The minimum atomic E-state index is -3.19. The van der Waals surface area contributed by atoms with E-state index < -0.39 is 10.0 Å². The van der Waals surface area contributed by atoms with Crippen molar-refractivity contribution in [1.29, 1.82) is 0 Å². The van der Waals surface area contributed by atoms with Crippen LogP contribution in [0.5, 0.6) is 0 Å². The molecule has 0 radical (unpaired) electrons. The van der Waals surface area contributed by atoms with Crippen molar-refractivity contribution in [2.45, 2.75) is 20.0 Å². The fourth-order valence-electron chi connectivity index (χ4n) is 0.803. The van der Waals surface area contributed by atoms with Crippen molar-refractivity contribution in [1.82, 2.24) is 4.31 Å². The van der Waals surface area contributed by atoms with Gasteiger partial charge < -0.3 is 4.74 Å². The van der Waals surface area contributed by atoms with E-state index in [1.165, 1.54) is 11.4 Å². The van der Waals surface area contributed by atoms with Crippen molar-refractivity contribution in [3.8, 4) is 0 Å². The van der Waals surface area contributed by atoms with Crippen LogP contribution in [0.4, 0.5) is 0 Å². The van der Waals surface area contributed by atoms with Gasteiger partial charge in [0.2, 0.25) is 10.0 Å². The van der Waals surface area contributed by atoms with Crippen LogP contribution < -0.4 is 0 Å². The van der Waals surface area contributed by atoms with Crippen LogP contribution in [0.15, 0.2) is 0 Å². The van der Waals surface area contributed by atoms with Gasteiger partial charge in [0.15, 0.2) is 0 Å². The van der Waals surface area contributed by atoms with E-state index >= 15 is 0 Å². The predicted octanol–water partition coefficient (Wildman–Crippen LogP) is 0.912. The van der Waals surface area contributed by atoms with Crippen molar-refractivity contribution in [3.05, 3.63) is 0 Å². The SMILES string of the molecule is CC(C)OCCS(=O)(=O)N(C)CCCl. The fourth-order valence-corrected chi connectivity index (χ4v) is 2.14. The van der Waals surface area contributed by atoms with Gasteiger partial charge in [0.05, 0.1) is 18.5 Å². The molecular weight excluding hydrogens is 226 g/mol. The first-order valence-electron chi connectivity index (χ1n) is 4.51. The average molecular weight is 244 g/mol. The number of sulfonamides is 1. The molecule has 0 unspecified atom stereocenters. The normalized spacial score (nSPS) is 12.7. The number of ether oxygens (including phenoxy) is 1. The molecule has 0 aliphatic carbocycles. The highest BCUT2D eigenvalue weighted by Gasteiger charge is 2.16. The summed E-state index contributed by atoms with van der Waals surface area (Å²) in [4.78, 5) is 0. The largest absolute Gasteiger partial charge is 0.378 e. The summed E-state index contributed by atoms with van der Waals surface area (Å²) in [5.41, 5.74) is 0. The molecule has 0 bridgehead atoms. The average Bonchev–Trinajstić information content (AvgIpc) is 2.03. The molecule has 86 valence electrons. The zero-order valence-electron chi connectivity index (χ0n) is 8.86. The number of rotatable bonds is 7. The first-order valence-corrected chi connectivity index (χ1v) is 6.66. The van der Waals surface area contributed by atoms with Crippen LogP contribution in [0.2, 0.25) is 0 Å². The highest BCUT2D eigenvalue weighted by Crippen LogP contribution is 1.99. The van der Waals surface area contributed by atoms with E-state index in [0.717, 1.165) is 0 Å². The third kappa shape index (κ3) is 5.80. The molecule has 0 rings (SSSR count). The Labute approximate surface area is 91.2 Å². The molecule has 0 aliphatic rings. The lowest BCUT2D eigenvalue weighted by Gasteiger charge is -2.16. The monoisotopic (exact) mass is 243 g/mol. The topological polar surface area (TPSA) is 46.6 Å². The van der Waals surface area contributed by atoms with Crippen LogP contribution in [-0.4, -0.2) is 50.7 Å². The van der Waals surface area contributed by atoms with Crippen LogP contribution in [0.1, 0.15) is 13.8 Å². The summed E-state index contributed by atoms with van der Waals surface area (Å²) in [6, 6.07) is 0. The van der Waals surface area contributed by atoms with E-state index in [4.69, 9.17) is 16.3 Å². The third-order valence-corrected chi connectivity index (χ3v) is 3.65. The molecule has 4 nitrogen and oxygen atoms in total. The summed E-state index contributed by atoms with van der Waals surface area (Å²) < 4.78 is 29.4. The molecule has 0 N–H and O–H groups in total. The van der Waals surface area contributed by atoms with Crippen LogP contribution in [0.25, 0.3) is 0 Å². The van der Waals surface area contributed by atoms with E-state index in [-0.39, 0.29) is 18.5 Å². The van der Waals surface area contributed by atoms with E-state index in [9.17, 15) is 8.42 Å². The molecule has 0 fully saturated rings. The molecule has 0 aromatic carbocycles. The second kappa shape index (κ2) is 6.61. The van der Waals surface area contributed by atoms with E-state index in [1.54, 1.807) is 0 Å². The summed E-state index contributed by atoms with van der Waals surface area (Å²) in [6.07, 6.45) is 0.0588. The molecule has 0 spiro atoms. The highest BCUT2D eigenvalue weighted by atomic mass is 35.5. The van der Waals surface area contributed by atoms with Gasteiger partial charge in [-0.05, 0) is 13.8 Å². The Kier molecular flexibility index (Phi) is 6.68. The van der Waals surface area contributed by atoms with Gasteiger partial charge in [-0.2, -0.15) is 0 Å². The zero-order valence-corrected chi connectivity index (χ0v) is 10.4. The van der Waals surface area contributed by atoms with Crippen LogP contribution in [0, 0.1) is 0 Å². The molecule has 0 saturated heterocycles. The Morgan fingerprint density at radius 1 is 1.43 bits per heavy atom. The minimum Gasteiger partial charge on any atom is -0.378 e. The zero-order chi connectivity index (χ0) is 11.2. The van der Waals surface area contributed by atoms with Crippen molar-refractivity contribution in [2.24, 2.45) is 0 Å². The highest BCUT2D eigenvalue weighted by molar-refractivity contribution is 7.89. The Balaban J connectivity index is 3.95. The second-order valence-corrected chi connectivity index (χ2v) is 5.82. The van der Waals surface area contributed by atoms with Crippen molar-refractivity contribution in [3.63, 3.8) is 0 Å². The summed E-state index contributed by atoms with van der Waals surface area (Å²) in [5.74, 6) is 0.319. The maximum atomic E-state index is 11.5. The van der Waals surface area contributed by atoms with Crippen molar-refractivity contribution in [2.75, 3.05) is 31.8 Å². The van der Waals surface area contributed by atoms with Crippen LogP contribution in [-0.2, 0) is 14.8 Å². The maximum absolute atomic E-state index is 11.5. The van der Waals surface area contributed by atoms with E-state index in [0.29, 0.717) is 12.4 Å². The van der Waals surface area contributed by atoms with Crippen LogP contribution in [0.3, 0.4) is 0 Å². The third-order valence-electron chi connectivity index (χ3n) is 1.67. The standard InChI is InChI=1S/C8H18ClNO3S/c1-8(2)13-6-7-14(11,12)10(3)5-4-9/h8H,4-7H2,1-3H3. The molecular formula is C8H18ClNO3S. The van der Waals surface area contributed by atoms with Gasteiger partial charge in [0, 0.05) is 19.5 Å². The molecule has 0 aromatic heterocycles. The van der Waals surface area contributed by atoms with Gasteiger partial charge in [-0.25, -0.2) is 12.7 Å². The van der Waals surface area contributed by atoms with Crippen molar-refractivity contribution < 1.29 is 13.2 Å².